The normalized spacial score (nSPS) is 28.3. The first-order chi connectivity index (χ1) is 8.10. The van der Waals surface area contributed by atoms with E-state index in [4.69, 9.17) is 31.3 Å². The third-order valence-corrected chi connectivity index (χ3v) is 2.87. The highest BCUT2D eigenvalue weighted by Gasteiger charge is 2.35. The number of halogens is 2. The molecule has 17 heavy (non-hydrogen) atoms. The number of benzene rings is 1. The predicted octanol–water partition coefficient (Wildman–Crippen LogP) is 1.62. The molecule has 94 valence electrons. The van der Waals surface area contributed by atoms with Crippen LogP contribution < -0.4 is 4.74 Å². The third-order valence-electron chi connectivity index (χ3n) is 2.48. The highest BCUT2D eigenvalue weighted by Crippen LogP contribution is 2.29. The van der Waals surface area contributed by atoms with Crippen molar-refractivity contribution in [2.45, 2.75) is 24.2 Å². The molecule has 0 spiro atoms. The van der Waals surface area contributed by atoms with Crippen LogP contribution in [0.1, 0.15) is 6.42 Å². The van der Waals surface area contributed by atoms with Gasteiger partial charge < -0.3 is 19.7 Å². The monoisotopic (exact) mass is 262 g/mol. The van der Waals surface area contributed by atoms with E-state index in [1.165, 1.54) is 12.1 Å². The Morgan fingerprint density at radius 2 is 2.29 bits per heavy atom. The molecule has 0 aromatic heterocycles. The molecule has 0 radical (unpaired) electrons. The molecule has 0 aliphatic carbocycles. The molecule has 0 saturated carbocycles. The van der Waals surface area contributed by atoms with Crippen LogP contribution in [0.3, 0.4) is 0 Å². The van der Waals surface area contributed by atoms with Crippen molar-refractivity contribution in [2.24, 2.45) is 0 Å². The molecular formula is C11H12ClFO4. The molecule has 0 amide bonds. The zero-order valence-electron chi connectivity index (χ0n) is 8.85. The maximum atomic E-state index is 13.0. The Kier molecular flexibility index (Phi) is 3.71. The average molecular weight is 263 g/mol. The number of aliphatic hydroxyl groups is 1. The number of phenols is 1. The lowest BCUT2D eigenvalue weighted by atomic mass is 10.2. The van der Waals surface area contributed by atoms with Crippen LogP contribution in [-0.2, 0) is 4.74 Å². The first kappa shape index (κ1) is 12.4. The number of rotatable bonds is 3. The zero-order chi connectivity index (χ0) is 12.4. The summed E-state index contributed by atoms with van der Waals surface area (Å²) in [6, 6.07) is 3.65. The summed E-state index contributed by atoms with van der Waals surface area (Å²) in [7, 11) is 0. The van der Waals surface area contributed by atoms with Crippen LogP contribution >= 0.6 is 11.6 Å². The van der Waals surface area contributed by atoms with Crippen LogP contribution in [0.2, 0.25) is 0 Å². The summed E-state index contributed by atoms with van der Waals surface area (Å²) in [4.78, 5) is 0. The molecule has 6 heteroatoms. The van der Waals surface area contributed by atoms with Crippen molar-refractivity contribution in [3.05, 3.63) is 24.0 Å². The third kappa shape index (κ3) is 2.80. The van der Waals surface area contributed by atoms with Gasteiger partial charge in [0.2, 0.25) is 6.29 Å². The van der Waals surface area contributed by atoms with Gasteiger partial charge in [0.1, 0.15) is 5.75 Å². The summed E-state index contributed by atoms with van der Waals surface area (Å²) in [5, 5.41) is 17.5. The Bertz CT molecular complexity index is 401. The second kappa shape index (κ2) is 5.08. The van der Waals surface area contributed by atoms with Gasteiger partial charge in [0.25, 0.3) is 0 Å². The highest BCUT2D eigenvalue weighted by atomic mass is 35.5. The van der Waals surface area contributed by atoms with Crippen molar-refractivity contribution < 1.29 is 24.1 Å². The number of phenolic OH excluding ortho intramolecular Hbond substituents is 1. The van der Waals surface area contributed by atoms with Gasteiger partial charge in [0.05, 0.1) is 18.1 Å². The topological polar surface area (TPSA) is 58.9 Å². The summed E-state index contributed by atoms with van der Waals surface area (Å²) in [5.74, 6) is -1.000. The first-order valence-electron chi connectivity index (χ1n) is 5.15. The summed E-state index contributed by atoms with van der Waals surface area (Å²) < 4.78 is 23.7. The number of ether oxygens (including phenoxy) is 2. The molecular weight excluding hydrogens is 251 g/mol. The lowest BCUT2D eigenvalue weighted by Gasteiger charge is -2.16. The van der Waals surface area contributed by atoms with Gasteiger partial charge in [-0.1, -0.05) is 0 Å². The lowest BCUT2D eigenvalue weighted by molar-refractivity contribution is -0.0840. The van der Waals surface area contributed by atoms with Crippen LogP contribution in [0, 0.1) is 5.82 Å². The van der Waals surface area contributed by atoms with Crippen LogP contribution in [0.5, 0.6) is 11.5 Å². The van der Waals surface area contributed by atoms with E-state index in [1.54, 1.807) is 0 Å². The summed E-state index contributed by atoms with van der Waals surface area (Å²) in [6.45, 7) is -0.132. The van der Waals surface area contributed by atoms with E-state index in [2.05, 4.69) is 0 Å². The molecule has 0 bridgehead atoms. The molecule has 1 aliphatic heterocycles. The Hall–Kier alpha value is -1.04. The van der Waals surface area contributed by atoms with E-state index in [-0.39, 0.29) is 18.5 Å². The fourth-order valence-electron chi connectivity index (χ4n) is 1.61. The van der Waals surface area contributed by atoms with Gasteiger partial charge in [0, 0.05) is 6.07 Å². The van der Waals surface area contributed by atoms with Crippen LogP contribution in [-0.4, -0.2) is 34.6 Å². The minimum Gasteiger partial charge on any atom is -0.505 e. The molecule has 1 aliphatic rings. The molecule has 2 rings (SSSR count). The first-order valence-corrected chi connectivity index (χ1v) is 5.59. The molecule has 4 nitrogen and oxygen atoms in total. The molecule has 1 aromatic rings. The minimum atomic E-state index is -0.773. The molecule has 1 saturated heterocycles. The van der Waals surface area contributed by atoms with E-state index in [0.29, 0.717) is 6.42 Å². The van der Waals surface area contributed by atoms with Gasteiger partial charge in [-0.25, -0.2) is 4.39 Å². The van der Waals surface area contributed by atoms with Crippen molar-refractivity contribution in [2.75, 3.05) is 6.61 Å². The predicted molar refractivity (Wildman–Crippen MR) is 58.7 cm³/mol. The van der Waals surface area contributed by atoms with Crippen LogP contribution in [0.15, 0.2) is 18.2 Å². The number of aromatic hydroxyl groups is 1. The van der Waals surface area contributed by atoms with Gasteiger partial charge >= 0.3 is 0 Å². The Morgan fingerprint density at radius 1 is 1.53 bits per heavy atom. The van der Waals surface area contributed by atoms with Crippen molar-refractivity contribution in [1.29, 1.82) is 0 Å². The zero-order valence-corrected chi connectivity index (χ0v) is 9.60. The Labute approximate surface area is 103 Å². The van der Waals surface area contributed by atoms with Gasteiger partial charge in [0.15, 0.2) is 11.6 Å². The van der Waals surface area contributed by atoms with Crippen molar-refractivity contribution in [3.63, 3.8) is 0 Å². The maximum absolute atomic E-state index is 13.0. The Balaban J connectivity index is 2.03. The van der Waals surface area contributed by atoms with Gasteiger partial charge in [-0.05, 0) is 18.6 Å². The molecule has 3 unspecified atom stereocenters. The standard InChI is InChI=1S/C11H12ClFO4/c12-8-3-7(5-14)17-11(8)16-6-1-2-10(15)9(13)4-6/h1-2,4,7-8,11,14-15H,3,5H2. The average Bonchev–Trinajstić information content (AvgIpc) is 2.65. The lowest BCUT2D eigenvalue weighted by Crippen LogP contribution is -2.24. The molecule has 2 N–H and O–H groups in total. The van der Waals surface area contributed by atoms with Crippen molar-refractivity contribution in [3.8, 4) is 11.5 Å². The minimum absolute atomic E-state index is 0.132. The summed E-state index contributed by atoms with van der Waals surface area (Å²) in [6.07, 6.45) is -0.606. The van der Waals surface area contributed by atoms with E-state index in [1.807, 2.05) is 0 Å². The number of aliphatic hydroxyl groups excluding tert-OH is 1. The second-order valence-electron chi connectivity index (χ2n) is 3.79. The Morgan fingerprint density at radius 3 is 2.88 bits per heavy atom. The van der Waals surface area contributed by atoms with Crippen LogP contribution in [0.25, 0.3) is 0 Å². The number of hydrogen-bond donors (Lipinski definition) is 2. The van der Waals surface area contributed by atoms with Gasteiger partial charge in [-0.3, -0.25) is 0 Å². The van der Waals surface area contributed by atoms with Crippen molar-refractivity contribution in [1.82, 2.24) is 0 Å². The molecule has 1 fully saturated rings. The molecule has 1 heterocycles. The molecule has 1 aromatic carbocycles. The highest BCUT2D eigenvalue weighted by molar-refractivity contribution is 6.21. The van der Waals surface area contributed by atoms with Gasteiger partial charge in [-0.15, -0.1) is 11.6 Å². The van der Waals surface area contributed by atoms with Crippen LogP contribution in [0.4, 0.5) is 4.39 Å². The van der Waals surface area contributed by atoms with Gasteiger partial charge in [-0.2, -0.15) is 0 Å². The smallest absolute Gasteiger partial charge is 0.216 e. The van der Waals surface area contributed by atoms with E-state index in [9.17, 15) is 4.39 Å². The van der Waals surface area contributed by atoms with E-state index < -0.39 is 23.2 Å². The molecule has 3 atom stereocenters. The largest absolute Gasteiger partial charge is 0.505 e. The fraction of sp³-hybridized carbons (Fsp3) is 0.455. The number of hydrogen-bond acceptors (Lipinski definition) is 4. The maximum Gasteiger partial charge on any atom is 0.216 e. The number of alkyl halides is 1. The fourth-order valence-corrected chi connectivity index (χ4v) is 1.92. The summed E-state index contributed by atoms with van der Waals surface area (Å²) in [5.41, 5.74) is 0. The van der Waals surface area contributed by atoms with E-state index in [0.717, 1.165) is 6.07 Å². The summed E-state index contributed by atoms with van der Waals surface area (Å²) >= 11 is 5.97. The van der Waals surface area contributed by atoms with E-state index >= 15 is 0 Å². The second-order valence-corrected chi connectivity index (χ2v) is 4.35. The SMILES string of the molecule is OCC1CC(Cl)C(Oc2ccc(O)c(F)c2)O1. The quantitative estimate of drug-likeness (QED) is 0.813. The van der Waals surface area contributed by atoms with Crippen molar-refractivity contribution >= 4 is 11.6 Å².